The zero-order valence-corrected chi connectivity index (χ0v) is 18.5. The molecule has 168 valence electrons. The maximum atomic E-state index is 13.5. The monoisotopic (exact) mass is 455 g/mol. The highest BCUT2D eigenvalue weighted by atomic mass is 32.2. The standard InChI is InChI=1S/C24H26FN3O3S/c25-18-9-10-19(26-13-18)14-27-24(29)17-7-11-20(12-8-17)32(30,31)28-15-22(16-5-6-16)21-3-1-2-4-23(21)28/h1-4,9-10,13,15-17,20H,5-8,11-12,14H2,(H,27,29). The summed E-state index contributed by atoms with van der Waals surface area (Å²) in [5.41, 5.74) is 2.47. The van der Waals surface area contributed by atoms with E-state index in [9.17, 15) is 17.6 Å². The molecule has 5 rings (SSSR count). The van der Waals surface area contributed by atoms with E-state index in [-0.39, 0.29) is 18.4 Å². The van der Waals surface area contributed by atoms with Gasteiger partial charge < -0.3 is 5.32 Å². The van der Waals surface area contributed by atoms with Crippen molar-refractivity contribution in [2.24, 2.45) is 5.92 Å². The van der Waals surface area contributed by atoms with Crippen molar-refractivity contribution in [2.45, 2.75) is 56.2 Å². The Kier molecular flexibility index (Phi) is 5.49. The summed E-state index contributed by atoms with van der Waals surface area (Å²) in [6.45, 7) is 0.233. The van der Waals surface area contributed by atoms with E-state index in [4.69, 9.17) is 0 Å². The second kappa shape index (κ2) is 8.31. The topological polar surface area (TPSA) is 81.1 Å². The molecule has 0 aliphatic heterocycles. The van der Waals surface area contributed by atoms with Crippen LogP contribution in [0.1, 0.15) is 55.7 Å². The lowest BCUT2D eigenvalue weighted by atomic mass is 9.88. The largest absolute Gasteiger partial charge is 0.350 e. The Morgan fingerprint density at radius 1 is 1.06 bits per heavy atom. The van der Waals surface area contributed by atoms with Crippen LogP contribution in [-0.2, 0) is 21.4 Å². The number of halogens is 1. The normalized spacial score (nSPS) is 21.5. The summed E-state index contributed by atoms with van der Waals surface area (Å²) < 4.78 is 41.4. The van der Waals surface area contributed by atoms with Crippen molar-refractivity contribution in [2.75, 3.05) is 0 Å². The number of carbonyl (C=O) groups is 1. The summed E-state index contributed by atoms with van der Waals surface area (Å²) in [7, 11) is -3.54. The first-order chi connectivity index (χ1) is 15.4. The number of pyridine rings is 1. The molecule has 6 nitrogen and oxygen atoms in total. The Hall–Kier alpha value is -2.74. The van der Waals surface area contributed by atoms with Gasteiger partial charge in [0.15, 0.2) is 0 Å². The molecular weight excluding hydrogens is 429 g/mol. The minimum atomic E-state index is -3.54. The van der Waals surface area contributed by atoms with Crippen LogP contribution < -0.4 is 5.32 Å². The predicted octanol–water partition coefficient (Wildman–Crippen LogP) is 4.11. The Morgan fingerprint density at radius 3 is 2.50 bits per heavy atom. The molecule has 1 aromatic carbocycles. The van der Waals surface area contributed by atoms with Gasteiger partial charge >= 0.3 is 0 Å². The van der Waals surface area contributed by atoms with Gasteiger partial charge in [0.25, 0.3) is 0 Å². The molecule has 0 spiro atoms. The lowest BCUT2D eigenvalue weighted by Gasteiger charge is -2.28. The smallest absolute Gasteiger partial charge is 0.241 e. The predicted molar refractivity (Wildman–Crippen MR) is 120 cm³/mol. The van der Waals surface area contributed by atoms with E-state index in [0.717, 1.165) is 35.5 Å². The maximum absolute atomic E-state index is 13.5. The third kappa shape index (κ3) is 4.03. The van der Waals surface area contributed by atoms with E-state index in [1.165, 1.54) is 16.1 Å². The molecule has 1 amide bonds. The maximum Gasteiger partial charge on any atom is 0.241 e. The third-order valence-corrected chi connectivity index (χ3v) is 8.86. The molecule has 2 aromatic heterocycles. The van der Waals surface area contributed by atoms with Crippen molar-refractivity contribution >= 4 is 26.8 Å². The van der Waals surface area contributed by atoms with E-state index in [2.05, 4.69) is 10.3 Å². The molecule has 0 radical (unpaired) electrons. The molecule has 0 unspecified atom stereocenters. The molecule has 8 heteroatoms. The molecule has 3 aromatic rings. The summed E-state index contributed by atoms with van der Waals surface area (Å²) in [4.78, 5) is 16.5. The quantitative estimate of drug-likeness (QED) is 0.607. The number of nitrogens with zero attached hydrogens (tertiary/aromatic N) is 2. The van der Waals surface area contributed by atoms with Crippen LogP contribution in [0.3, 0.4) is 0 Å². The molecule has 2 fully saturated rings. The van der Waals surface area contributed by atoms with Gasteiger partial charge in [0.1, 0.15) is 5.82 Å². The molecule has 0 saturated heterocycles. The van der Waals surface area contributed by atoms with Crippen molar-refractivity contribution in [3.8, 4) is 0 Å². The van der Waals surface area contributed by atoms with Gasteiger partial charge in [-0.15, -0.1) is 0 Å². The number of hydrogen-bond donors (Lipinski definition) is 1. The second-order valence-electron chi connectivity index (χ2n) is 8.88. The fraction of sp³-hybridized carbons (Fsp3) is 0.417. The zero-order chi connectivity index (χ0) is 22.3. The van der Waals surface area contributed by atoms with Gasteiger partial charge in [-0.2, -0.15) is 0 Å². The first-order valence-electron chi connectivity index (χ1n) is 11.2. The number of benzene rings is 1. The second-order valence-corrected chi connectivity index (χ2v) is 11.0. The summed E-state index contributed by atoms with van der Waals surface area (Å²) in [6, 6.07) is 10.6. The lowest BCUT2D eigenvalue weighted by Crippen LogP contribution is -2.37. The summed E-state index contributed by atoms with van der Waals surface area (Å²) in [6.07, 6.45) is 7.15. The van der Waals surface area contributed by atoms with Gasteiger partial charge in [-0.05, 0) is 68.2 Å². The van der Waals surface area contributed by atoms with Crippen molar-refractivity contribution < 1.29 is 17.6 Å². The Bertz CT molecular complexity index is 1240. The van der Waals surface area contributed by atoms with Gasteiger partial charge in [-0.3, -0.25) is 9.78 Å². The fourth-order valence-electron chi connectivity index (χ4n) is 4.72. The van der Waals surface area contributed by atoms with Crippen LogP contribution in [0.25, 0.3) is 10.9 Å². The van der Waals surface area contributed by atoms with Crippen LogP contribution in [0.2, 0.25) is 0 Å². The van der Waals surface area contributed by atoms with E-state index >= 15 is 0 Å². The van der Waals surface area contributed by atoms with Gasteiger partial charge in [-0.25, -0.2) is 16.8 Å². The SMILES string of the molecule is O=C(NCc1ccc(F)cn1)C1CCC(S(=O)(=O)n2cc(C3CC3)c3ccccc32)CC1. The van der Waals surface area contributed by atoms with Crippen molar-refractivity contribution in [3.05, 3.63) is 65.9 Å². The molecule has 2 aliphatic rings. The summed E-state index contributed by atoms with van der Waals surface area (Å²) in [5.74, 6) is -0.273. The van der Waals surface area contributed by atoms with E-state index in [1.807, 2.05) is 30.5 Å². The van der Waals surface area contributed by atoms with Crippen LogP contribution in [0, 0.1) is 11.7 Å². The van der Waals surface area contributed by atoms with Crippen molar-refractivity contribution in [3.63, 3.8) is 0 Å². The van der Waals surface area contributed by atoms with Gasteiger partial charge in [0.2, 0.25) is 15.9 Å². The number of amides is 1. The number of aromatic nitrogens is 2. The molecular formula is C24H26FN3O3S. The number of hydrogen-bond acceptors (Lipinski definition) is 4. The van der Waals surface area contributed by atoms with Crippen LogP contribution in [0.5, 0.6) is 0 Å². The van der Waals surface area contributed by atoms with E-state index in [0.29, 0.717) is 37.3 Å². The average Bonchev–Trinajstić information content (AvgIpc) is 3.58. The van der Waals surface area contributed by atoms with Crippen LogP contribution in [0.4, 0.5) is 4.39 Å². The van der Waals surface area contributed by atoms with Gasteiger partial charge in [0, 0.05) is 17.5 Å². The van der Waals surface area contributed by atoms with Crippen LogP contribution in [-0.4, -0.2) is 28.5 Å². The van der Waals surface area contributed by atoms with Crippen molar-refractivity contribution in [1.29, 1.82) is 0 Å². The molecule has 0 bridgehead atoms. The summed E-state index contributed by atoms with van der Waals surface area (Å²) in [5, 5.41) is 3.38. The summed E-state index contributed by atoms with van der Waals surface area (Å²) >= 11 is 0. The first-order valence-corrected chi connectivity index (χ1v) is 12.7. The van der Waals surface area contributed by atoms with Gasteiger partial charge in [-0.1, -0.05) is 18.2 Å². The third-order valence-electron chi connectivity index (χ3n) is 6.70. The van der Waals surface area contributed by atoms with Gasteiger partial charge in [0.05, 0.1) is 29.2 Å². The zero-order valence-electron chi connectivity index (χ0n) is 17.7. The minimum absolute atomic E-state index is 0.102. The number of para-hydroxylation sites is 1. The Morgan fingerprint density at radius 2 is 1.81 bits per heavy atom. The molecule has 1 N–H and O–H groups in total. The Labute approximate surface area is 186 Å². The highest BCUT2D eigenvalue weighted by molar-refractivity contribution is 7.90. The number of nitrogens with one attached hydrogen (secondary N) is 1. The number of fused-ring (bicyclic) bond motifs is 1. The minimum Gasteiger partial charge on any atom is -0.350 e. The molecule has 2 heterocycles. The fourth-order valence-corrected chi connectivity index (χ4v) is 6.60. The van der Waals surface area contributed by atoms with E-state index in [1.54, 1.807) is 0 Å². The number of rotatable bonds is 6. The van der Waals surface area contributed by atoms with Crippen molar-refractivity contribution in [1.82, 2.24) is 14.3 Å². The average molecular weight is 456 g/mol. The first kappa shape index (κ1) is 21.1. The highest BCUT2D eigenvalue weighted by Crippen LogP contribution is 2.44. The Balaban J connectivity index is 1.25. The van der Waals surface area contributed by atoms with Crippen LogP contribution in [0.15, 0.2) is 48.8 Å². The van der Waals surface area contributed by atoms with E-state index < -0.39 is 21.1 Å². The molecule has 2 saturated carbocycles. The lowest BCUT2D eigenvalue weighted by molar-refractivity contribution is -0.126. The molecule has 0 atom stereocenters. The molecule has 2 aliphatic carbocycles. The number of carbonyl (C=O) groups excluding carboxylic acids is 1. The highest BCUT2D eigenvalue weighted by Gasteiger charge is 2.36. The van der Waals surface area contributed by atoms with Crippen LogP contribution >= 0.6 is 0 Å². The molecule has 32 heavy (non-hydrogen) atoms.